The van der Waals surface area contributed by atoms with Crippen LogP contribution in [-0.4, -0.2) is 26.1 Å². The van der Waals surface area contributed by atoms with Gasteiger partial charge in [-0.1, -0.05) is 37.3 Å². The summed E-state index contributed by atoms with van der Waals surface area (Å²) in [6.07, 6.45) is 2.15. The second-order valence-corrected chi connectivity index (χ2v) is 7.79. The third-order valence-electron chi connectivity index (χ3n) is 4.20. The predicted octanol–water partition coefficient (Wildman–Crippen LogP) is 3.35. The van der Waals surface area contributed by atoms with Gasteiger partial charge in [0.05, 0.1) is 17.4 Å². The van der Waals surface area contributed by atoms with Gasteiger partial charge in [-0.2, -0.15) is 0 Å². The quantitative estimate of drug-likeness (QED) is 0.841. The van der Waals surface area contributed by atoms with Crippen LogP contribution in [0.25, 0.3) is 0 Å². The van der Waals surface area contributed by atoms with E-state index in [0.717, 1.165) is 11.0 Å². The first-order chi connectivity index (χ1) is 11.9. The molecule has 0 fully saturated rings. The highest BCUT2D eigenvalue weighted by Crippen LogP contribution is 2.29. The summed E-state index contributed by atoms with van der Waals surface area (Å²) in [5.41, 5.74) is 1.42. The molecule has 2 aromatic rings. The first-order valence-electron chi connectivity index (χ1n) is 8.00. The van der Waals surface area contributed by atoms with Crippen LogP contribution < -0.4 is 4.90 Å². The number of sulfone groups is 1. The Kier molecular flexibility index (Phi) is 4.72. The minimum Gasteiger partial charge on any atom is -0.300 e. The number of hydrogen-bond donors (Lipinski definition) is 0. The van der Waals surface area contributed by atoms with Gasteiger partial charge in [0.15, 0.2) is 9.84 Å². The van der Waals surface area contributed by atoms with Crippen LogP contribution in [-0.2, 0) is 16.3 Å². The van der Waals surface area contributed by atoms with E-state index in [1.54, 1.807) is 18.2 Å². The van der Waals surface area contributed by atoms with E-state index < -0.39 is 27.6 Å². The fourth-order valence-corrected chi connectivity index (χ4v) is 4.24. The van der Waals surface area contributed by atoms with E-state index in [4.69, 9.17) is 0 Å². The molecule has 3 rings (SSSR count). The molecule has 2 aromatic carbocycles. The fraction of sp³-hybridized carbons (Fsp3) is 0.211. The summed E-state index contributed by atoms with van der Waals surface area (Å²) >= 11 is 0. The molecule has 25 heavy (non-hydrogen) atoms. The van der Waals surface area contributed by atoms with Gasteiger partial charge in [0, 0.05) is 11.1 Å². The van der Waals surface area contributed by atoms with Gasteiger partial charge < -0.3 is 4.90 Å². The van der Waals surface area contributed by atoms with Crippen molar-refractivity contribution in [2.24, 2.45) is 0 Å². The van der Waals surface area contributed by atoms with Gasteiger partial charge in [-0.05, 0) is 36.3 Å². The zero-order valence-corrected chi connectivity index (χ0v) is 14.5. The average Bonchev–Trinajstić information content (AvgIpc) is 2.95. The average molecular weight is 359 g/mol. The van der Waals surface area contributed by atoms with Crippen LogP contribution in [0.1, 0.15) is 22.8 Å². The Balaban J connectivity index is 2.11. The number of benzene rings is 2. The Morgan fingerprint density at radius 1 is 1.16 bits per heavy atom. The number of carbonyl (C=O) groups is 1. The van der Waals surface area contributed by atoms with Crippen LogP contribution in [0.2, 0.25) is 0 Å². The first-order valence-corrected chi connectivity index (χ1v) is 9.71. The van der Waals surface area contributed by atoms with E-state index in [2.05, 4.69) is 0 Å². The standard InChI is InChI=1S/C19H18FNO3S/c1-2-14-7-3-6-10-18(14)21(15-11-12-25(23,24)13-15)19(22)16-8-4-5-9-17(16)20/h3-12,15H,2,13H2,1H3. The fourth-order valence-electron chi connectivity index (χ4n) is 2.97. The molecule has 0 spiro atoms. The topological polar surface area (TPSA) is 54.5 Å². The molecule has 0 N–H and O–H groups in total. The molecule has 0 aromatic heterocycles. The minimum atomic E-state index is -3.36. The van der Waals surface area contributed by atoms with Gasteiger partial charge in [-0.3, -0.25) is 4.79 Å². The Morgan fingerprint density at radius 2 is 1.84 bits per heavy atom. The molecule has 1 heterocycles. The number of nitrogens with zero attached hydrogens (tertiary/aromatic N) is 1. The molecule has 1 amide bonds. The minimum absolute atomic E-state index is 0.0777. The number of carbonyl (C=O) groups excluding carboxylic acids is 1. The van der Waals surface area contributed by atoms with Crippen molar-refractivity contribution in [2.75, 3.05) is 10.7 Å². The summed E-state index contributed by atoms with van der Waals surface area (Å²) in [5, 5.41) is 1.12. The van der Waals surface area contributed by atoms with Crippen molar-refractivity contribution in [1.82, 2.24) is 0 Å². The number of anilines is 1. The largest absolute Gasteiger partial charge is 0.300 e. The van der Waals surface area contributed by atoms with Gasteiger partial charge in [-0.15, -0.1) is 0 Å². The highest BCUT2D eigenvalue weighted by atomic mass is 32.2. The molecule has 0 radical (unpaired) electrons. The first kappa shape index (κ1) is 17.4. The summed E-state index contributed by atoms with van der Waals surface area (Å²) in [6.45, 7) is 1.95. The van der Waals surface area contributed by atoms with Crippen molar-refractivity contribution >= 4 is 21.4 Å². The van der Waals surface area contributed by atoms with Gasteiger partial charge in [0.1, 0.15) is 5.82 Å². The molecule has 0 bridgehead atoms. The molecule has 0 aliphatic carbocycles. The lowest BCUT2D eigenvalue weighted by atomic mass is 10.1. The number of aryl methyl sites for hydroxylation is 1. The Morgan fingerprint density at radius 3 is 2.48 bits per heavy atom. The second-order valence-electron chi connectivity index (χ2n) is 5.86. The molecular formula is C19H18FNO3S. The highest BCUT2D eigenvalue weighted by Gasteiger charge is 2.33. The molecular weight excluding hydrogens is 341 g/mol. The smallest absolute Gasteiger partial charge is 0.261 e. The lowest BCUT2D eigenvalue weighted by Gasteiger charge is -2.29. The van der Waals surface area contributed by atoms with Crippen molar-refractivity contribution in [3.8, 4) is 0 Å². The monoisotopic (exact) mass is 359 g/mol. The zero-order chi connectivity index (χ0) is 18.0. The molecule has 4 nitrogen and oxygen atoms in total. The number of rotatable bonds is 4. The van der Waals surface area contributed by atoms with E-state index in [9.17, 15) is 17.6 Å². The molecule has 0 saturated carbocycles. The van der Waals surface area contributed by atoms with Crippen molar-refractivity contribution in [3.05, 3.63) is 77.0 Å². The number of amides is 1. The van der Waals surface area contributed by atoms with Crippen LogP contribution in [0.5, 0.6) is 0 Å². The normalized spacial score (nSPS) is 18.2. The third kappa shape index (κ3) is 3.49. The van der Waals surface area contributed by atoms with Crippen LogP contribution in [0.15, 0.2) is 60.0 Å². The summed E-state index contributed by atoms with van der Waals surface area (Å²) in [6, 6.07) is 12.3. The molecule has 1 atom stereocenters. The van der Waals surface area contributed by atoms with Gasteiger partial charge in [0.25, 0.3) is 5.91 Å². The Labute approximate surface area is 146 Å². The van der Waals surface area contributed by atoms with Crippen molar-refractivity contribution in [3.63, 3.8) is 0 Å². The third-order valence-corrected chi connectivity index (χ3v) is 5.58. The molecule has 0 saturated heterocycles. The number of hydrogen-bond acceptors (Lipinski definition) is 3. The predicted molar refractivity (Wildman–Crippen MR) is 95.7 cm³/mol. The van der Waals surface area contributed by atoms with Gasteiger partial charge in [0.2, 0.25) is 0 Å². The summed E-state index contributed by atoms with van der Waals surface area (Å²) in [4.78, 5) is 14.5. The van der Waals surface area contributed by atoms with Gasteiger partial charge >= 0.3 is 0 Å². The van der Waals surface area contributed by atoms with E-state index in [0.29, 0.717) is 12.1 Å². The molecule has 1 aliphatic rings. The summed E-state index contributed by atoms with van der Waals surface area (Å²) < 4.78 is 37.9. The van der Waals surface area contributed by atoms with Gasteiger partial charge in [-0.25, -0.2) is 12.8 Å². The van der Waals surface area contributed by atoms with Crippen LogP contribution in [0.3, 0.4) is 0 Å². The maximum atomic E-state index is 14.2. The lowest BCUT2D eigenvalue weighted by Crippen LogP contribution is -2.42. The number of halogens is 1. The lowest BCUT2D eigenvalue weighted by molar-refractivity contribution is 0.0979. The maximum Gasteiger partial charge on any atom is 0.261 e. The van der Waals surface area contributed by atoms with E-state index in [-0.39, 0.29) is 11.3 Å². The van der Waals surface area contributed by atoms with Crippen LogP contribution in [0.4, 0.5) is 10.1 Å². The Bertz CT molecular complexity index is 937. The van der Waals surface area contributed by atoms with E-state index in [1.165, 1.54) is 29.2 Å². The van der Waals surface area contributed by atoms with Crippen LogP contribution in [0, 0.1) is 5.82 Å². The van der Waals surface area contributed by atoms with E-state index in [1.807, 2.05) is 19.1 Å². The zero-order valence-electron chi connectivity index (χ0n) is 13.7. The summed E-state index contributed by atoms with van der Waals surface area (Å²) in [7, 11) is -3.36. The van der Waals surface area contributed by atoms with Crippen molar-refractivity contribution in [2.45, 2.75) is 19.4 Å². The maximum absolute atomic E-state index is 14.2. The second kappa shape index (κ2) is 6.80. The molecule has 6 heteroatoms. The molecule has 130 valence electrons. The van der Waals surface area contributed by atoms with Crippen LogP contribution >= 0.6 is 0 Å². The summed E-state index contributed by atoms with van der Waals surface area (Å²) in [5.74, 6) is -1.38. The number of para-hydroxylation sites is 1. The molecule has 1 aliphatic heterocycles. The van der Waals surface area contributed by atoms with Crippen molar-refractivity contribution < 1.29 is 17.6 Å². The Hall–Kier alpha value is -2.47. The SMILES string of the molecule is CCc1ccccc1N(C(=O)c1ccccc1F)C1C=CS(=O)(=O)C1. The van der Waals surface area contributed by atoms with E-state index >= 15 is 0 Å². The highest BCUT2D eigenvalue weighted by molar-refractivity contribution is 7.94. The van der Waals surface area contributed by atoms with Crippen molar-refractivity contribution in [1.29, 1.82) is 0 Å². The molecule has 1 unspecified atom stereocenters.